The lowest BCUT2D eigenvalue weighted by atomic mass is 10.1. The van der Waals surface area contributed by atoms with Crippen LogP contribution in [0.1, 0.15) is 35.9 Å². The Bertz CT molecular complexity index is 768. The zero-order valence-electron chi connectivity index (χ0n) is 15.6. The largest absolute Gasteiger partial charge is 0.382 e. The molecular formula is C20H26ClN3O2. The van der Waals surface area contributed by atoms with E-state index < -0.39 is 0 Å². The number of nitrogens with one attached hydrogen (secondary N) is 1. The van der Waals surface area contributed by atoms with Gasteiger partial charge in [-0.15, -0.1) is 0 Å². The van der Waals surface area contributed by atoms with Crippen LogP contribution < -0.4 is 5.32 Å². The van der Waals surface area contributed by atoms with Crippen LogP contribution in [-0.2, 0) is 16.1 Å². The van der Waals surface area contributed by atoms with Crippen molar-refractivity contribution >= 4 is 23.6 Å². The maximum Gasteiger partial charge on any atom is 0.244 e. The number of carbonyl (C=O) groups excluding carboxylic acids is 1. The summed E-state index contributed by atoms with van der Waals surface area (Å²) in [4.78, 5) is 11.9. The van der Waals surface area contributed by atoms with Gasteiger partial charge in [0.2, 0.25) is 5.91 Å². The summed E-state index contributed by atoms with van der Waals surface area (Å²) in [6.45, 7) is 8.46. The molecule has 0 fully saturated rings. The highest BCUT2D eigenvalue weighted by Crippen LogP contribution is 2.20. The summed E-state index contributed by atoms with van der Waals surface area (Å²) in [5.74, 6) is -0.112. The fourth-order valence-electron chi connectivity index (χ4n) is 2.64. The molecule has 6 heteroatoms. The third-order valence-corrected chi connectivity index (χ3v) is 4.45. The van der Waals surface area contributed by atoms with E-state index in [4.69, 9.17) is 16.3 Å². The molecule has 0 aliphatic rings. The van der Waals surface area contributed by atoms with Gasteiger partial charge in [0, 0.05) is 42.1 Å². The Morgan fingerprint density at radius 1 is 1.35 bits per heavy atom. The monoisotopic (exact) mass is 375 g/mol. The van der Waals surface area contributed by atoms with Crippen LogP contribution in [0.5, 0.6) is 0 Å². The number of ether oxygens (including phenoxy) is 1. The molecule has 0 saturated carbocycles. The first-order chi connectivity index (χ1) is 12.5. The summed E-state index contributed by atoms with van der Waals surface area (Å²) >= 11 is 6.24. The van der Waals surface area contributed by atoms with E-state index in [1.807, 2.05) is 55.8 Å². The number of benzene rings is 1. The summed E-state index contributed by atoms with van der Waals surface area (Å²) in [6.07, 6.45) is 4.18. The van der Waals surface area contributed by atoms with Gasteiger partial charge in [-0.05, 0) is 44.9 Å². The lowest BCUT2D eigenvalue weighted by Gasteiger charge is -2.06. The molecule has 0 aliphatic carbocycles. The van der Waals surface area contributed by atoms with Crippen LogP contribution in [0.3, 0.4) is 0 Å². The number of aromatic nitrogens is 2. The zero-order valence-corrected chi connectivity index (χ0v) is 16.3. The summed E-state index contributed by atoms with van der Waals surface area (Å²) < 4.78 is 7.16. The number of aryl methyl sites for hydroxylation is 1. The Hall–Kier alpha value is -2.11. The first kappa shape index (κ1) is 20.2. The highest BCUT2D eigenvalue weighted by molar-refractivity contribution is 6.31. The van der Waals surface area contributed by atoms with E-state index in [9.17, 15) is 4.79 Å². The molecule has 1 aromatic heterocycles. The SMILES string of the molecule is CCOCCCNC(=O)/C=C/c1c(C)nn(Cc2ccccc2Cl)c1C. The number of hydrogen-bond donors (Lipinski definition) is 1. The number of amides is 1. The van der Waals surface area contributed by atoms with E-state index in [-0.39, 0.29) is 5.91 Å². The van der Waals surface area contributed by atoms with Crippen molar-refractivity contribution in [1.29, 1.82) is 0 Å². The Morgan fingerprint density at radius 3 is 2.85 bits per heavy atom. The van der Waals surface area contributed by atoms with Gasteiger partial charge in [0.05, 0.1) is 12.2 Å². The quantitative estimate of drug-likeness (QED) is 0.536. The normalized spacial score (nSPS) is 11.2. The van der Waals surface area contributed by atoms with Crippen molar-refractivity contribution in [2.45, 2.75) is 33.7 Å². The second-order valence-electron chi connectivity index (χ2n) is 6.01. The molecule has 0 unspecified atom stereocenters. The molecule has 1 amide bonds. The van der Waals surface area contributed by atoms with E-state index in [1.54, 1.807) is 6.08 Å². The Balaban J connectivity index is 1.99. The first-order valence-corrected chi connectivity index (χ1v) is 9.21. The van der Waals surface area contributed by atoms with E-state index in [1.165, 1.54) is 0 Å². The Labute approximate surface area is 160 Å². The lowest BCUT2D eigenvalue weighted by Crippen LogP contribution is -2.23. The van der Waals surface area contributed by atoms with E-state index >= 15 is 0 Å². The molecule has 0 bridgehead atoms. The van der Waals surface area contributed by atoms with Crippen molar-refractivity contribution in [3.63, 3.8) is 0 Å². The summed E-state index contributed by atoms with van der Waals surface area (Å²) in [6, 6.07) is 7.74. The number of rotatable bonds is 9. The molecule has 2 aromatic rings. The Kier molecular flexibility index (Phi) is 7.88. The van der Waals surface area contributed by atoms with Gasteiger partial charge in [0.15, 0.2) is 0 Å². The molecule has 0 atom stereocenters. The maximum atomic E-state index is 11.9. The number of halogens is 1. The molecule has 2 rings (SSSR count). The number of hydrogen-bond acceptors (Lipinski definition) is 3. The molecule has 0 radical (unpaired) electrons. The minimum atomic E-state index is -0.112. The smallest absolute Gasteiger partial charge is 0.244 e. The van der Waals surface area contributed by atoms with Gasteiger partial charge in [-0.1, -0.05) is 29.8 Å². The molecule has 1 N–H and O–H groups in total. The van der Waals surface area contributed by atoms with Gasteiger partial charge in [0.1, 0.15) is 0 Å². The summed E-state index contributed by atoms with van der Waals surface area (Å²) in [5, 5.41) is 8.16. The van der Waals surface area contributed by atoms with Crippen LogP contribution in [0, 0.1) is 13.8 Å². The van der Waals surface area contributed by atoms with Crippen molar-refractivity contribution in [3.05, 3.63) is 57.9 Å². The second-order valence-corrected chi connectivity index (χ2v) is 6.42. The fourth-order valence-corrected chi connectivity index (χ4v) is 2.84. The van der Waals surface area contributed by atoms with Crippen LogP contribution in [0.15, 0.2) is 30.3 Å². The van der Waals surface area contributed by atoms with Crippen LogP contribution in [-0.4, -0.2) is 35.4 Å². The van der Waals surface area contributed by atoms with Gasteiger partial charge in [-0.2, -0.15) is 5.10 Å². The van der Waals surface area contributed by atoms with E-state index in [0.29, 0.717) is 26.3 Å². The van der Waals surface area contributed by atoms with E-state index in [0.717, 1.165) is 34.0 Å². The van der Waals surface area contributed by atoms with Gasteiger partial charge < -0.3 is 10.1 Å². The molecule has 0 saturated heterocycles. The van der Waals surface area contributed by atoms with Crippen molar-refractivity contribution in [2.24, 2.45) is 0 Å². The predicted molar refractivity (Wildman–Crippen MR) is 105 cm³/mol. The average Bonchev–Trinajstić information content (AvgIpc) is 2.88. The molecule has 0 aliphatic heterocycles. The molecular weight excluding hydrogens is 350 g/mol. The average molecular weight is 376 g/mol. The molecule has 140 valence electrons. The highest BCUT2D eigenvalue weighted by Gasteiger charge is 2.11. The maximum absolute atomic E-state index is 11.9. The minimum Gasteiger partial charge on any atom is -0.382 e. The number of nitrogens with zero attached hydrogens (tertiary/aromatic N) is 2. The molecule has 0 spiro atoms. The Morgan fingerprint density at radius 2 is 2.12 bits per heavy atom. The van der Waals surface area contributed by atoms with Crippen molar-refractivity contribution in [1.82, 2.24) is 15.1 Å². The van der Waals surface area contributed by atoms with Gasteiger partial charge >= 0.3 is 0 Å². The first-order valence-electron chi connectivity index (χ1n) is 8.84. The molecule has 26 heavy (non-hydrogen) atoms. The molecule has 1 aromatic carbocycles. The zero-order chi connectivity index (χ0) is 18.9. The van der Waals surface area contributed by atoms with E-state index in [2.05, 4.69) is 10.4 Å². The number of carbonyl (C=O) groups is 1. The lowest BCUT2D eigenvalue weighted by molar-refractivity contribution is -0.116. The molecule has 5 nitrogen and oxygen atoms in total. The highest BCUT2D eigenvalue weighted by atomic mass is 35.5. The van der Waals surface area contributed by atoms with Crippen LogP contribution in [0.25, 0.3) is 6.08 Å². The standard InChI is InChI=1S/C20H26ClN3O2/c1-4-26-13-7-12-22-20(25)11-10-18-15(2)23-24(16(18)3)14-17-8-5-6-9-19(17)21/h5-6,8-11H,4,7,12-14H2,1-3H3,(H,22,25)/b11-10+. The summed E-state index contributed by atoms with van der Waals surface area (Å²) in [7, 11) is 0. The van der Waals surface area contributed by atoms with Crippen LogP contribution in [0.4, 0.5) is 0 Å². The fraction of sp³-hybridized carbons (Fsp3) is 0.400. The van der Waals surface area contributed by atoms with Crippen molar-refractivity contribution in [3.8, 4) is 0 Å². The van der Waals surface area contributed by atoms with Gasteiger partial charge in [-0.3, -0.25) is 9.48 Å². The second kappa shape index (κ2) is 10.1. The van der Waals surface area contributed by atoms with Gasteiger partial charge in [-0.25, -0.2) is 0 Å². The molecule has 1 heterocycles. The van der Waals surface area contributed by atoms with Crippen LogP contribution >= 0.6 is 11.6 Å². The van der Waals surface area contributed by atoms with Crippen molar-refractivity contribution < 1.29 is 9.53 Å². The third kappa shape index (κ3) is 5.71. The third-order valence-electron chi connectivity index (χ3n) is 4.09. The topological polar surface area (TPSA) is 56.1 Å². The summed E-state index contributed by atoms with van der Waals surface area (Å²) in [5.41, 5.74) is 3.86. The minimum absolute atomic E-state index is 0.112. The van der Waals surface area contributed by atoms with Gasteiger partial charge in [0.25, 0.3) is 0 Å². The van der Waals surface area contributed by atoms with Crippen LogP contribution in [0.2, 0.25) is 5.02 Å². The predicted octanol–water partition coefficient (Wildman–Crippen LogP) is 3.76. The van der Waals surface area contributed by atoms with Crippen molar-refractivity contribution in [2.75, 3.05) is 19.8 Å².